The van der Waals surface area contributed by atoms with Gasteiger partial charge in [-0.05, 0) is 37.8 Å². The third-order valence-electron chi connectivity index (χ3n) is 4.94. The molecule has 0 radical (unpaired) electrons. The number of anilines is 1. The molecule has 0 bridgehead atoms. The van der Waals surface area contributed by atoms with Gasteiger partial charge in [0.1, 0.15) is 12.1 Å². The van der Waals surface area contributed by atoms with Crippen LogP contribution in [0.25, 0.3) is 0 Å². The molecule has 146 valence electrons. The van der Waals surface area contributed by atoms with Crippen molar-refractivity contribution >= 4 is 23.4 Å². The number of benzene rings is 1. The molecule has 1 saturated heterocycles. The van der Waals surface area contributed by atoms with E-state index in [0.717, 1.165) is 11.3 Å². The highest BCUT2D eigenvalue weighted by molar-refractivity contribution is 6.01. The van der Waals surface area contributed by atoms with E-state index in [-0.39, 0.29) is 18.9 Å². The largest absolute Gasteiger partial charge is 0.471 e. The van der Waals surface area contributed by atoms with Gasteiger partial charge in [-0.25, -0.2) is 0 Å². The van der Waals surface area contributed by atoms with Crippen molar-refractivity contribution in [3.8, 4) is 0 Å². The van der Waals surface area contributed by atoms with Crippen LogP contribution in [-0.4, -0.2) is 54.0 Å². The van der Waals surface area contributed by atoms with Gasteiger partial charge in [-0.3, -0.25) is 14.4 Å². The number of amides is 3. The van der Waals surface area contributed by atoms with Gasteiger partial charge < -0.3 is 15.1 Å². The molecule has 0 aromatic heterocycles. The molecule has 2 heterocycles. The van der Waals surface area contributed by atoms with Crippen molar-refractivity contribution in [1.29, 1.82) is 0 Å². The van der Waals surface area contributed by atoms with E-state index in [9.17, 15) is 27.6 Å². The minimum absolute atomic E-state index is 0.127. The lowest BCUT2D eigenvalue weighted by molar-refractivity contribution is -0.186. The molecule has 1 aromatic carbocycles. The van der Waals surface area contributed by atoms with Crippen molar-refractivity contribution in [1.82, 2.24) is 10.2 Å². The number of nitrogens with one attached hydrogen (secondary N) is 1. The Hall–Kier alpha value is -2.58. The highest BCUT2D eigenvalue weighted by Gasteiger charge is 2.48. The van der Waals surface area contributed by atoms with E-state index in [1.54, 1.807) is 4.90 Å². The van der Waals surface area contributed by atoms with Gasteiger partial charge in [0.15, 0.2) is 0 Å². The van der Waals surface area contributed by atoms with Gasteiger partial charge in [0.2, 0.25) is 11.8 Å². The van der Waals surface area contributed by atoms with Crippen molar-refractivity contribution in [2.75, 3.05) is 18.0 Å². The fourth-order valence-electron chi connectivity index (χ4n) is 3.62. The molecule has 2 atom stereocenters. The molecule has 6 nitrogen and oxygen atoms in total. The summed E-state index contributed by atoms with van der Waals surface area (Å²) in [5.74, 6) is -3.09. The molecule has 2 aliphatic heterocycles. The van der Waals surface area contributed by atoms with Crippen LogP contribution in [0.3, 0.4) is 0 Å². The number of para-hydroxylation sites is 1. The van der Waals surface area contributed by atoms with Gasteiger partial charge in [-0.15, -0.1) is 0 Å². The number of hydrogen-bond acceptors (Lipinski definition) is 3. The first-order valence-corrected chi connectivity index (χ1v) is 8.77. The number of hydrogen-bond donors (Lipinski definition) is 1. The van der Waals surface area contributed by atoms with Gasteiger partial charge in [-0.1, -0.05) is 18.2 Å². The van der Waals surface area contributed by atoms with E-state index < -0.39 is 30.1 Å². The van der Waals surface area contributed by atoms with Crippen LogP contribution in [0.5, 0.6) is 0 Å². The lowest BCUT2D eigenvalue weighted by Crippen LogP contribution is -2.54. The van der Waals surface area contributed by atoms with E-state index in [1.165, 1.54) is 6.92 Å². The van der Waals surface area contributed by atoms with Gasteiger partial charge in [0.05, 0.1) is 0 Å². The van der Waals surface area contributed by atoms with Gasteiger partial charge in [0.25, 0.3) is 0 Å². The third-order valence-corrected chi connectivity index (χ3v) is 4.94. The molecule has 1 unspecified atom stereocenters. The molecule has 3 rings (SSSR count). The minimum Gasteiger partial charge on any atom is -0.343 e. The number of carbonyl (C=O) groups excluding carboxylic acids is 3. The molecular weight excluding hydrogens is 363 g/mol. The summed E-state index contributed by atoms with van der Waals surface area (Å²) in [5.41, 5.74) is 1.81. The number of fused-ring (bicyclic) bond motifs is 1. The predicted molar refractivity (Wildman–Crippen MR) is 90.9 cm³/mol. The van der Waals surface area contributed by atoms with Crippen molar-refractivity contribution in [3.63, 3.8) is 0 Å². The van der Waals surface area contributed by atoms with Crippen molar-refractivity contribution in [2.45, 2.75) is 44.4 Å². The second-order valence-corrected chi connectivity index (χ2v) is 6.75. The summed E-state index contributed by atoms with van der Waals surface area (Å²) in [5, 5.41) is 2.47. The second-order valence-electron chi connectivity index (χ2n) is 6.75. The first-order chi connectivity index (χ1) is 12.7. The summed E-state index contributed by atoms with van der Waals surface area (Å²) >= 11 is 0. The maximum atomic E-state index is 12.7. The number of nitrogens with zero attached hydrogens (tertiary/aromatic N) is 2. The highest BCUT2D eigenvalue weighted by atomic mass is 19.4. The molecule has 0 aliphatic carbocycles. The van der Waals surface area contributed by atoms with Crippen LogP contribution in [0.2, 0.25) is 0 Å². The molecule has 27 heavy (non-hydrogen) atoms. The Morgan fingerprint density at radius 3 is 2.59 bits per heavy atom. The second kappa shape index (κ2) is 7.21. The first-order valence-electron chi connectivity index (χ1n) is 8.77. The number of carbonyl (C=O) groups is 3. The zero-order valence-corrected chi connectivity index (χ0v) is 14.8. The maximum Gasteiger partial charge on any atom is 0.471 e. The Morgan fingerprint density at radius 1 is 1.19 bits per heavy atom. The average Bonchev–Trinajstić information content (AvgIpc) is 3.26. The van der Waals surface area contributed by atoms with Gasteiger partial charge in [0, 0.05) is 18.8 Å². The Kier molecular flexibility index (Phi) is 5.12. The summed E-state index contributed by atoms with van der Waals surface area (Å²) in [6, 6.07) is 5.31. The molecule has 1 N–H and O–H groups in total. The predicted octanol–water partition coefficient (Wildman–Crippen LogP) is 1.63. The van der Waals surface area contributed by atoms with Crippen LogP contribution in [0, 0.1) is 0 Å². The summed E-state index contributed by atoms with van der Waals surface area (Å²) in [6.07, 6.45) is -3.87. The Balaban J connectivity index is 1.65. The van der Waals surface area contributed by atoms with E-state index in [1.807, 2.05) is 24.3 Å². The van der Waals surface area contributed by atoms with E-state index in [0.29, 0.717) is 24.3 Å². The lowest BCUT2D eigenvalue weighted by atomic mass is 10.1. The van der Waals surface area contributed by atoms with Crippen molar-refractivity contribution in [2.24, 2.45) is 0 Å². The van der Waals surface area contributed by atoms with Crippen LogP contribution in [0.4, 0.5) is 18.9 Å². The standard InChI is InChI=1S/C18H20F3N3O3/c1-11(16(26)23-10-8-12-5-2-3-6-13(12)23)22-15(25)14-7-4-9-24(14)17(27)18(19,20)21/h2-3,5-6,11,14H,4,7-10H2,1H3,(H,22,25)/t11-,14?/m1/s1. The van der Waals surface area contributed by atoms with Crippen molar-refractivity contribution in [3.05, 3.63) is 29.8 Å². The van der Waals surface area contributed by atoms with E-state index in [4.69, 9.17) is 0 Å². The fraction of sp³-hybridized carbons (Fsp3) is 0.500. The average molecular weight is 383 g/mol. The van der Waals surface area contributed by atoms with Crippen molar-refractivity contribution < 1.29 is 27.6 Å². The topological polar surface area (TPSA) is 69.7 Å². The lowest BCUT2D eigenvalue weighted by Gasteiger charge is -2.27. The molecule has 3 amide bonds. The van der Waals surface area contributed by atoms with Crippen LogP contribution in [0.15, 0.2) is 24.3 Å². The quantitative estimate of drug-likeness (QED) is 0.863. The Labute approximate surface area is 154 Å². The number of halogens is 3. The third kappa shape index (κ3) is 3.77. The summed E-state index contributed by atoms with van der Waals surface area (Å²) in [7, 11) is 0. The summed E-state index contributed by atoms with van der Waals surface area (Å²) in [6.45, 7) is 1.85. The SMILES string of the molecule is C[C@@H](NC(=O)C1CCCN1C(=O)C(F)(F)F)C(=O)N1CCc2ccccc21. The number of rotatable bonds is 3. The summed E-state index contributed by atoms with van der Waals surface area (Å²) < 4.78 is 38.1. The fourth-order valence-corrected chi connectivity index (χ4v) is 3.62. The maximum absolute atomic E-state index is 12.7. The molecule has 9 heteroatoms. The van der Waals surface area contributed by atoms with Crippen LogP contribution < -0.4 is 10.2 Å². The highest BCUT2D eigenvalue weighted by Crippen LogP contribution is 2.28. The molecular formula is C18H20F3N3O3. The van der Waals surface area contributed by atoms with Gasteiger partial charge in [-0.2, -0.15) is 13.2 Å². The van der Waals surface area contributed by atoms with Crippen LogP contribution in [-0.2, 0) is 20.8 Å². The number of alkyl halides is 3. The molecule has 0 spiro atoms. The molecule has 1 aromatic rings. The summed E-state index contributed by atoms with van der Waals surface area (Å²) in [4.78, 5) is 38.7. The van der Waals surface area contributed by atoms with Gasteiger partial charge >= 0.3 is 12.1 Å². The first kappa shape index (κ1) is 19.2. The molecule has 1 fully saturated rings. The Morgan fingerprint density at radius 2 is 1.89 bits per heavy atom. The Bertz CT molecular complexity index is 766. The van der Waals surface area contributed by atoms with E-state index in [2.05, 4.69) is 5.32 Å². The zero-order chi connectivity index (χ0) is 19.8. The van der Waals surface area contributed by atoms with E-state index >= 15 is 0 Å². The smallest absolute Gasteiger partial charge is 0.343 e. The van der Waals surface area contributed by atoms with Crippen LogP contribution in [0.1, 0.15) is 25.3 Å². The molecule has 2 aliphatic rings. The minimum atomic E-state index is -5.02. The molecule has 0 saturated carbocycles. The zero-order valence-electron chi connectivity index (χ0n) is 14.8. The van der Waals surface area contributed by atoms with Crippen LogP contribution >= 0.6 is 0 Å². The normalized spacial score (nSPS) is 20.4. The number of likely N-dealkylation sites (tertiary alicyclic amines) is 1. The monoisotopic (exact) mass is 383 g/mol.